The maximum Gasteiger partial charge on any atom is 0.289 e. The van der Waals surface area contributed by atoms with E-state index in [0.29, 0.717) is 12.3 Å². The summed E-state index contributed by atoms with van der Waals surface area (Å²) in [6.07, 6.45) is 0.835. The van der Waals surface area contributed by atoms with E-state index in [2.05, 4.69) is 0 Å². The zero-order valence-corrected chi connectivity index (χ0v) is 18.4. The fourth-order valence-electron chi connectivity index (χ4n) is 3.71. The third kappa shape index (κ3) is 5.67. The normalized spacial score (nSPS) is 11.8. The van der Waals surface area contributed by atoms with Gasteiger partial charge in [0.2, 0.25) is 0 Å². The highest BCUT2D eigenvalue weighted by atomic mass is 16.4. The van der Waals surface area contributed by atoms with Crippen molar-refractivity contribution in [1.29, 1.82) is 0 Å². The zero-order chi connectivity index (χ0) is 23.2. The van der Waals surface area contributed by atoms with Gasteiger partial charge in [-0.15, -0.1) is 0 Å². The number of benzene rings is 2. The van der Waals surface area contributed by atoms with Crippen LogP contribution in [-0.4, -0.2) is 27.0 Å². The second-order valence-electron chi connectivity index (χ2n) is 8.03. The molecule has 0 bridgehead atoms. The first-order chi connectivity index (χ1) is 16.0. The number of aryl methyl sites for hydroxylation is 1. The molecular formula is C27H26N2O4. The van der Waals surface area contributed by atoms with E-state index in [-0.39, 0.29) is 30.3 Å². The molecule has 0 fully saturated rings. The van der Waals surface area contributed by atoms with Gasteiger partial charge in [0.05, 0.1) is 19.2 Å². The molecule has 0 aliphatic rings. The number of rotatable bonds is 8. The highest BCUT2D eigenvalue weighted by molar-refractivity contribution is 5.91. The Labute approximate surface area is 192 Å². The average molecular weight is 443 g/mol. The summed E-state index contributed by atoms with van der Waals surface area (Å²) >= 11 is 0. The minimum atomic E-state index is -0.838. The summed E-state index contributed by atoms with van der Waals surface area (Å²) in [4.78, 5) is 26.9. The van der Waals surface area contributed by atoms with Crippen molar-refractivity contribution in [3.05, 3.63) is 130 Å². The van der Waals surface area contributed by atoms with Gasteiger partial charge in [-0.25, -0.2) is 0 Å². The monoisotopic (exact) mass is 442 g/mol. The predicted molar refractivity (Wildman–Crippen MR) is 126 cm³/mol. The predicted octanol–water partition coefficient (Wildman–Crippen LogP) is 4.17. The molecule has 6 heteroatoms. The number of aliphatic hydroxyl groups is 1. The topological polar surface area (TPSA) is 75.7 Å². The number of carbonyl (C=O) groups excluding carboxylic acids is 1. The third-order valence-electron chi connectivity index (χ3n) is 5.42. The van der Waals surface area contributed by atoms with E-state index in [4.69, 9.17) is 4.42 Å². The van der Waals surface area contributed by atoms with Crippen molar-refractivity contribution >= 4 is 5.91 Å². The quantitative estimate of drug-likeness (QED) is 0.444. The standard InChI is InChI=1S/C27H26N2O4/c1-20-8-7-11-22(16-20)24(30)19-29(17-21-9-3-2-4-10-21)27(32)25-14-13-23(33-25)18-28-15-6-5-12-26(28)31/h2-16,24,30H,17-19H2,1H3/t24-/m0/s1. The third-order valence-corrected chi connectivity index (χ3v) is 5.42. The summed E-state index contributed by atoms with van der Waals surface area (Å²) < 4.78 is 7.31. The number of amides is 1. The number of hydrogen-bond donors (Lipinski definition) is 1. The smallest absolute Gasteiger partial charge is 0.289 e. The first-order valence-corrected chi connectivity index (χ1v) is 10.8. The molecule has 0 aliphatic carbocycles. The minimum absolute atomic E-state index is 0.116. The molecule has 0 saturated carbocycles. The SMILES string of the molecule is Cc1cccc([C@@H](O)CN(Cc2ccccc2)C(=O)c2ccc(Cn3ccccc3=O)o2)c1. The van der Waals surface area contributed by atoms with Crippen LogP contribution in [0.1, 0.15) is 39.1 Å². The van der Waals surface area contributed by atoms with Gasteiger partial charge in [0, 0.05) is 18.8 Å². The Kier molecular flexibility index (Phi) is 6.86. The average Bonchev–Trinajstić information content (AvgIpc) is 3.29. The Bertz CT molecular complexity index is 1280. The van der Waals surface area contributed by atoms with Crippen LogP contribution in [0.3, 0.4) is 0 Å². The molecule has 1 N–H and O–H groups in total. The second-order valence-corrected chi connectivity index (χ2v) is 8.03. The van der Waals surface area contributed by atoms with E-state index in [1.807, 2.05) is 61.5 Å². The summed E-state index contributed by atoms with van der Waals surface area (Å²) in [6, 6.07) is 25.5. The Hall–Kier alpha value is -3.90. The van der Waals surface area contributed by atoms with Crippen molar-refractivity contribution in [1.82, 2.24) is 9.47 Å². The van der Waals surface area contributed by atoms with E-state index >= 15 is 0 Å². The van der Waals surface area contributed by atoms with Crippen LogP contribution in [-0.2, 0) is 13.1 Å². The molecule has 33 heavy (non-hydrogen) atoms. The fourth-order valence-corrected chi connectivity index (χ4v) is 3.71. The molecule has 4 aromatic rings. The Morgan fingerprint density at radius 2 is 1.79 bits per heavy atom. The fraction of sp³-hybridized carbons (Fsp3) is 0.185. The van der Waals surface area contributed by atoms with Crippen LogP contribution in [0.25, 0.3) is 0 Å². The molecule has 4 rings (SSSR count). The number of aromatic nitrogens is 1. The van der Waals surface area contributed by atoms with E-state index in [1.54, 1.807) is 35.4 Å². The lowest BCUT2D eigenvalue weighted by molar-refractivity contribution is 0.0572. The maximum absolute atomic E-state index is 13.4. The van der Waals surface area contributed by atoms with Gasteiger partial charge in [-0.05, 0) is 36.2 Å². The summed E-state index contributed by atoms with van der Waals surface area (Å²) in [5, 5.41) is 10.9. The van der Waals surface area contributed by atoms with Crippen LogP contribution in [0.2, 0.25) is 0 Å². The van der Waals surface area contributed by atoms with Crippen LogP contribution in [0, 0.1) is 6.92 Å². The van der Waals surface area contributed by atoms with Gasteiger partial charge in [-0.1, -0.05) is 66.2 Å². The van der Waals surface area contributed by atoms with Crippen molar-refractivity contribution in [3.63, 3.8) is 0 Å². The van der Waals surface area contributed by atoms with Gasteiger partial charge < -0.3 is 19.0 Å². The van der Waals surface area contributed by atoms with Gasteiger partial charge in [-0.2, -0.15) is 0 Å². The van der Waals surface area contributed by atoms with Crippen molar-refractivity contribution < 1.29 is 14.3 Å². The number of carbonyl (C=O) groups is 1. The van der Waals surface area contributed by atoms with Crippen LogP contribution in [0.5, 0.6) is 0 Å². The first kappa shape index (κ1) is 22.3. The van der Waals surface area contributed by atoms with Crippen molar-refractivity contribution in [2.45, 2.75) is 26.1 Å². The first-order valence-electron chi connectivity index (χ1n) is 10.8. The molecule has 0 unspecified atom stereocenters. The Morgan fingerprint density at radius 1 is 1.00 bits per heavy atom. The number of aliphatic hydroxyl groups excluding tert-OH is 1. The van der Waals surface area contributed by atoms with Gasteiger partial charge in [0.1, 0.15) is 5.76 Å². The van der Waals surface area contributed by atoms with E-state index in [1.165, 1.54) is 10.6 Å². The number of hydrogen-bond acceptors (Lipinski definition) is 4. The molecule has 168 valence electrons. The largest absolute Gasteiger partial charge is 0.454 e. The molecule has 0 spiro atoms. The van der Waals surface area contributed by atoms with Gasteiger partial charge >= 0.3 is 0 Å². The van der Waals surface area contributed by atoms with E-state index < -0.39 is 6.10 Å². The highest BCUT2D eigenvalue weighted by Gasteiger charge is 2.23. The summed E-state index contributed by atoms with van der Waals surface area (Å²) in [7, 11) is 0. The molecular weight excluding hydrogens is 416 g/mol. The number of pyridine rings is 1. The minimum Gasteiger partial charge on any atom is -0.454 e. The van der Waals surface area contributed by atoms with Gasteiger partial charge in [-0.3, -0.25) is 9.59 Å². The molecule has 6 nitrogen and oxygen atoms in total. The number of nitrogens with zero attached hydrogens (tertiary/aromatic N) is 2. The second kappa shape index (κ2) is 10.1. The molecule has 2 aromatic carbocycles. The lowest BCUT2D eigenvalue weighted by atomic mass is 10.1. The number of furan rings is 1. The zero-order valence-electron chi connectivity index (χ0n) is 18.4. The molecule has 2 aromatic heterocycles. The highest BCUT2D eigenvalue weighted by Crippen LogP contribution is 2.20. The summed E-state index contributed by atoms with van der Waals surface area (Å²) in [5.41, 5.74) is 2.60. The van der Waals surface area contributed by atoms with Crippen LogP contribution < -0.4 is 5.56 Å². The molecule has 2 heterocycles. The molecule has 0 radical (unpaired) electrons. The summed E-state index contributed by atoms with van der Waals surface area (Å²) in [5.74, 6) is 0.351. The lowest BCUT2D eigenvalue weighted by Gasteiger charge is -2.25. The maximum atomic E-state index is 13.4. The van der Waals surface area contributed by atoms with Crippen molar-refractivity contribution in [2.24, 2.45) is 0 Å². The van der Waals surface area contributed by atoms with Gasteiger partial charge in [0.15, 0.2) is 5.76 Å². The van der Waals surface area contributed by atoms with E-state index in [9.17, 15) is 14.7 Å². The lowest BCUT2D eigenvalue weighted by Crippen LogP contribution is -2.34. The molecule has 1 atom stereocenters. The van der Waals surface area contributed by atoms with Crippen molar-refractivity contribution in [2.75, 3.05) is 6.54 Å². The Morgan fingerprint density at radius 3 is 2.55 bits per heavy atom. The summed E-state index contributed by atoms with van der Waals surface area (Å²) in [6.45, 7) is 2.64. The van der Waals surface area contributed by atoms with Gasteiger partial charge in [0.25, 0.3) is 11.5 Å². The molecule has 0 saturated heterocycles. The Balaban J connectivity index is 1.56. The van der Waals surface area contributed by atoms with Crippen molar-refractivity contribution in [3.8, 4) is 0 Å². The molecule has 0 aliphatic heterocycles. The van der Waals surface area contributed by atoms with Crippen LogP contribution in [0.4, 0.5) is 0 Å². The van der Waals surface area contributed by atoms with E-state index in [0.717, 1.165) is 16.7 Å². The molecule has 1 amide bonds. The van der Waals surface area contributed by atoms with Crippen LogP contribution in [0.15, 0.2) is 100 Å². The van der Waals surface area contributed by atoms with Crippen LogP contribution >= 0.6 is 0 Å².